The van der Waals surface area contributed by atoms with Crippen LogP contribution in [0.5, 0.6) is 0 Å². The molecule has 1 unspecified atom stereocenters. The summed E-state index contributed by atoms with van der Waals surface area (Å²) in [5.41, 5.74) is 1.07. The average molecular weight is 302 g/mol. The van der Waals surface area contributed by atoms with Crippen LogP contribution in [0.25, 0.3) is 0 Å². The second kappa shape index (κ2) is 6.01. The first-order valence-corrected chi connectivity index (χ1v) is 7.39. The third-order valence-corrected chi connectivity index (χ3v) is 3.97. The number of nitrogens with one attached hydrogen (secondary N) is 1. The largest absolute Gasteiger partial charge is 0.338 e. The van der Waals surface area contributed by atoms with Gasteiger partial charge in [-0.15, -0.1) is 0 Å². The van der Waals surface area contributed by atoms with Crippen LogP contribution in [-0.2, 0) is 16.1 Å². The second-order valence-electron chi connectivity index (χ2n) is 4.90. The highest BCUT2D eigenvalue weighted by Gasteiger charge is 2.34. The number of anilines is 1. The van der Waals surface area contributed by atoms with Gasteiger partial charge in [-0.3, -0.25) is 9.59 Å². The molecule has 6 nitrogen and oxygen atoms in total. The van der Waals surface area contributed by atoms with Gasteiger partial charge in [0.15, 0.2) is 0 Å². The van der Waals surface area contributed by atoms with E-state index in [1.165, 1.54) is 6.33 Å². The monoisotopic (exact) mass is 302 g/mol. The van der Waals surface area contributed by atoms with Crippen LogP contribution in [0.3, 0.4) is 0 Å². The van der Waals surface area contributed by atoms with Gasteiger partial charge >= 0.3 is 0 Å². The maximum atomic E-state index is 12.1. The summed E-state index contributed by atoms with van der Waals surface area (Å²) in [5, 5.41) is 3.16. The Kier molecular flexibility index (Phi) is 3.92. The molecule has 7 heteroatoms. The van der Waals surface area contributed by atoms with E-state index in [9.17, 15) is 9.59 Å². The smallest absolute Gasteiger partial charge is 0.231 e. The molecule has 21 heavy (non-hydrogen) atoms. The van der Waals surface area contributed by atoms with Gasteiger partial charge in [-0.25, -0.2) is 4.98 Å². The molecule has 1 N–H and O–H groups in total. The minimum absolute atomic E-state index is 0.0104. The molecule has 2 aromatic rings. The number of nitrogens with zero attached hydrogens (tertiary/aromatic N) is 3. The number of hydrogen-bond donors (Lipinski definition) is 1. The fraction of sp³-hybridized carbons (Fsp3) is 0.286. The van der Waals surface area contributed by atoms with Crippen LogP contribution in [0, 0.1) is 5.92 Å². The van der Waals surface area contributed by atoms with Crippen LogP contribution in [0.2, 0.25) is 0 Å². The van der Waals surface area contributed by atoms with E-state index in [1.807, 2.05) is 30.3 Å². The lowest BCUT2D eigenvalue weighted by Gasteiger charge is -2.16. The number of likely N-dealkylation sites (tertiary alicyclic amines) is 1. The quantitative estimate of drug-likeness (QED) is 0.929. The fourth-order valence-electron chi connectivity index (χ4n) is 2.34. The lowest BCUT2D eigenvalue weighted by Crippen LogP contribution is -2.28. The number of aromatic nitrogens is 2. The molecule has 0 aliphatic carbocycles. The minimum atomic E-state index is -0.329. The van der Waals surface area contributed by atoms with Crippen molar-refractivity contribution in [2.45, 2.75) is 13.0 Å². The number of carbonyl (C=O) groups excluding carboxylic acids is 2. The van der Waals surface area contributed by atoms with Crippen molar-refractivity contribution in [1.29, 1.82) is 0 Å². The lowest BCUT2D eigenvalue weighted by atomic mass is 10.1. The number of carbonyl (C=O) groups is 2. The van der Waals surface area contributed by atoms with Gasteiger partial charge in [0.1, 0.15) is 6.33 Å². The zero-order valence-electron chi connectivity index (χ0n) is 11.2. The molecule has 1 fully saturated rings. The molecular weight excluding hydrogens is 288 g/mol. The Morgan fingerprint density at radius 1 is 1.38 bits per heavy atom. The number of amides is 2. The van der Waals surface area contributed by atoms with Crippen molar-refractivity contribution in [3.63, 3.8) is 0 Å². The van der Waals surface area contributed by atoms with Crippen LogP contribution < -0.4 is 5.32 Å². The molecule has 0 bridgehead atoms. The Morgan fingerprint density at radius 3 is 2.90 bits per heavy atom. The zero-order valence-corrected chi connectivity index (χ0v) is 12.0. The molecule has 0 saturated carbocycles. The average Bonchev–Trinajstić information content (AvgIpc) is 3.11. The minimum Gasteiger partial charge on any atom is -0.338 e. The van der Waals surface area contributed by atoms with Crippen LogP contribution in [-0.4, -0.2) is 32.6 Å². The Hall–Kier alpha value is -2.28. The van der Waals surface area contributed by atoms with Crippen molar-refractivity contribution in [2.24, 2.45) is 5.92 Å². The van der Waals surface area contributed by atoms with Crippen LogP contribution >= 0.6 is 11.5 Å². The van der Waals surface area contributed by atoms with Crippen LogP contribution in [0.4, 0.5) is 5.13 Å². The second-order valence-corrected chi connectivity index (χ2v) is 5.68. The molecule has 0 spiro atoms. The predicted molar refractivity (Wildman–Crippen MR) is 78.5 cm³/mol. The maximum Gasteiger partial charge on any atom is 0.231 e. The summed E-state index contributed by atoms with van der Waals surface area (Å²) in [6.45, 7) is 0.987. The van der Waals surface area contributed by atoms with E-state index in [1.54, 1.807) is 4.90 Å². The Morgan fingerprint density at radius 2 is 2.19 bits per heavy atom. The van der Waals surface area contributed by atoms with E-state index in [4.69, 9.17) is 0 Å². The first-order chi connectivity index (χ1) is 10.2. The Balaban J connectivity index is 1.60. The highest BCUT2D eigenvalue weighted by molar-refractivity contribution is 7.09. The molecule has 3 rings (SSSR count). The van der Waals surface area contributed by atoms with E-state index in [2.05, 4.69) is 14.7 Å². The normalized spacial score (nSPS) is 18.0. The van der Waals surface area contributed by atoms with E-state index in [-0.39, 0.29) is 24.2 Å². The van der Waals surface area contributed by atoms with Crippen LogP contribution in [0.15, 0.2) is 36.7 Å². The van der Waals surface area contributed by atoms with Crippen molar-refractivity contribution in [3.8, 4) is 0 Å². The highest BCUT2D eigenvalue weighted by Crippen LogP contribution is 2.22. The van der Waals surface area contributed by atoms with Gasteiger partial charge in [-0.05, 0) is 5.56 Å². The summed E-state index contributed by atoms with van der Waals surface area (Å²) in [5.74, 6) is -0.489. The molecule has 108 valence electrons. The van der Waals surface area contributed by atoms with E-state index >= 15 is 0 Å². The molecular formula is C14H14N4O2S. The van der Waals surface area contributed by atoms with Gasteiger partial charge in [0.05, 0.1) is 5.92 Å². The van der Waals surface area contributed by atoms with Crippen LogP contribution in [0.1, 0.15) is 12.0 Å². The maximum absolute atomic E-state index is 12.1. The molecule has 1 saturated heterocycles. The summed E-state index contributed by atoms with van der Waals surface area (Å²) in [6, 6.07) is 9.77. The molecule has 2 heterocycles. The number of benzene rings is 1. The van der Waals surface area contributed by atoms with Crippen molar-refractivity contribution in [2.75, 3.05) is 11.9 Å². The summed E-state index contributed by atoms with van der Waals surface area (Å²) in [6.07, 6.45) is 1.64. The van der Waals surface area contributed by atoms with E-state index in [0.29, 0.717) is 18.2 Å². The molecule has 0 radical (unpaired) electrons. The van der Waals surface area contributed by atoms with Gasteiger partial charge in [0.2, 0.25) is 16.9 Å². The Labute approximate surface area is 126 Å². The van der Waals surface area contributed by atoms with Gasteiger partial charge in [-0.2, -0.15) is 4.37 Å². The molecule has 1 atom stereocenters. The van der Waals surface area contributed by atoms with Crippen molar-refractivity contribution in [3.05, 3.63) is 42.2 Å². The predicted octanol–water partition coefficient (Wildman–Crippen LogP) is 1.53. The van der Waals surface area contributed by atoms with Gasteiger partial charge in [0, 0.05) is 31.0 Å². The topological polar surface area (TPSA) is 75.2 Å². The summed E-state index contributed by atoms with van der Waals surface area (Å²) in [4.78, 5) is 29.8. The van der Waals surface area contributed by atoms with Crippen molar-refractivity contribution in [1.82, 2.24) is 14.3 Å². The fourth-order valence-corrected chi connectivity index (χ4v) is 2.77. The molecule has 1 aromatic carbocycles. The first kappa shape index (κ1) is 13.7. The van der Waals surface area contributed by atoms with Gasteiger partial charge in [0.25, 0.3) is 0 Å². The summed E-state index contributed by atoms with van der Waals surface area (Å²) < 4.78 is 3.83. The number of hydrogen-bond acceptors (Lipinski definition) is 5. The molecule has 1 aliphatic heterocycles. The molecule has 1 aliphatic rings. The standard InChI is InChI=1S/C14H14N4O2S/c19-12-6-11(13(20)17-14-15-9-16-21-14)8-18(12)7-10-4-2-1-3-5-10/h1-5,9,11H,6-8H2,(H,15,16,17,20). The summed E-state index contributed by atoms with van der Waals surface area (Å²) >= 11 is 1.12. The van der Waals surface area contributed by atoms with Crippen molar-refractivity contribution >= 4 is 28.5 Å². The number of rotatable bonds is 4. The van der Waals surface area contributed by atoms with E-state index in [0.717, 1.165) is 17.1 Å². The van der Waals surface area contributed by atoms with E-state index < -0.39 is 0 Å². The first-order valence-electron chi connectivity index (χ1n) is 6.61. The lowest BCUT2D eigenvalue weighted by molar-refractivity contribution is -0.128. The third kappa shape index (κ3) is 3.25. The third-order valence-electron chi connectivity index (χ3n) is 3.39. The molecule has 2 amide bonds. The zero-order chi connectivity index (χ0) is 14.7. The summed E-state index contributed by atoms with van der Waals surface area (Å²) in [7, 11) is 0. The molecule has 1 aromatic heterocycles. The SMILES string of the molecule is O=C(Nc1ncns1)C1CC(=O)N(Cc2ccccc2)C1. The van der Waals surface area contributed by atoms with Crippen molar-refractivity contribution < 1.29 is 9.59 Å². The van der Waals surface area contributed by atoms with Gasteiger partial charge < -0.3 is 10.2 Å². The van der Waals surface area contributed by atoms with Gasteiger partial charge in [-0.1, -0.05) is 30.3 Å². The highest BCUT2D eigenvalue weighted by atomic mass is 32.1. The Bertz CT molecular complexity index is 630.